The first-order chi connectivity index (χ1) is 7.90. The van der Waals surface area contributed by atoms with Crippen molar-refractivity contribution in [2.45, 2.75) is 26.4 Å². The minimum Gasteiger partial charge on any atom is -0.504 e. The number of carboxylic acid groups (broad SMARTS) is 1. The van der Waals surface area contributed by atoms with E-state index in [0.717, 1.165) is 5.56 Å². The van der Waals surface area contributed by atoms with Gasteiger partial charge in [-0.05, 0) is 31.5 Å². The van der Waals surface area contributed by atoms with Crippen LogP contribution in [-0.2, 0) is 11.3 Å². The lowest BCUT2D eigenvalue weighted by Gasteiger charge is -2.24. The third-order valence-corrected chi connectivity index (χ3v) is 2.49. The van der Waals surface area contributed by atoms with Crippen LogP contribution in [0, 0.1) is 0 Å². The lowest BCUT2D eigenvalue weighted by atomic mass is 10.1. The maximum Gasteiger partial charge on any atom is 0.317 e. The molecule has 0 amide bonds. The SMILES string of the molecule is CC(C)N(CC(=O)O)Cc1ccc(O)c(O)c1. The normalized spacial score (nSPS) is 11.1. The third-order valence-electron chi connectivity index (χ3n) is 2.49. The average molecular weight is 239 g/mol. The Labute approximate surface area is 99.9 Å². The number of phenolic OH excluding ortho intramolecular Hbond substituents is 2. The van der Waals surface area contributed by atoms with Gasteiger partial charge in [0.15, 0.2) is 11.5 Å². The highest BCUT2D eigenvalue weighted by molar-refractivity contribution is 5.69. The van der Waals surface area contributed by atoms with Crippen molar-refractivity contribution in [1.82, 2.24) is 4.90 Å². The van der Waals surface area contributed by atoms with Gasteiger partial charge in [-0.25, -0.2) is 0 Å². The number of benzene rings is 1. The van der Waals surface area contributed by atoms with Crippen LogP contribution in [0.1, 0.15) is 19.4 Å². The summed E-state index contributed by atoms with van der Waals surface area (Å²) >= 11 is 0. The zero-order chi connectivity index (χ0) is 13.0. The molecule has 17 heavy (non-hydrogen) atoms. The van der Waals surface area contributed by atoms with Gasteiger partial charge in [-0.15, -0.1) is 0 Å². The molecule has 1 aromatic rings. The predicted molar refractivity (Wildman–Crippen MR) is 63.0 cm³/mol. The predicted octanol–water partition coefficient (Wildman–Crippen LogP) is 1.39. The summed E-state index contributed by atoms with van der Waals surface area (Å²) in [7, 11) is 0. The molecule has 0 heterocycles. The number of carboxylic acids is 1. The molecule has 0 saturated heterocycles. The van der Waals surface area contributed by atoms with E-state index in [1.165, 1.54) is 12.1 Å². The van der Waals surface area contributed by atoms with Crippen LogP contribution >= 0.6 is 0 Å². The van der Waals surface area contributed by atoms with Crippen LogP contribution in [0.25, 0.3) is 0 Å². The molecule has 1 rings (SSSR count). The summed E-state index contributed by atoms with van der Waals surface area (Å²) in [6.07, 6.45) is 0. The summed E-state index contributed by atoms with van der Waals surface area (Å²) in [6, 6.07) is 4.57. The highest BCUT2D eigenvalue weighted by Crippen LogP contribution is 2.25. The summed E-state index contributed by atoms with van der Waals surface area (Å²) in [5.41, 5.74) is 0.759. The molecule has 0 bridgehead atoms. The van der Waals surface area contributed by atoms with Crippen molar-refractivity contribution in [3.63, 3.8) is 0 Å². The smallest absolute Gasteiger partial charge is 0.317 e. The molecule has 0 aliphatic carbocycles. The molecule has 3 N–H and O–H groups in total. The van der Waals surface area contributed by atoms with Gasteiger partial charge in [0.25, 0.3) is 0 Å². The van der Waals surface area contributed by atoms with Gasteiger partial charge in [0, 0.05) is 12.6 Å². The number of aromatic hydroxyl groups is 2. The van der Waals surface area contributed by atoms with Crippen LogP contribution in [0.15, 0.2) is 18.2 Å². The maximum absolute atomic E-state index is 10.7. The molecule has 0 spiro atoms. The standard InChI is InChI=1S/C12H17NO4/c1-8(2)13(7-12(16)17)6-9-3-4-10(14)11(15)5-9/h3-5,8,14-15H,6-7H2,1-2H3,(H,16,17). The van der Waals surface area contributed by atoms with Crippen LogP contribution in [0.2, 0.25) is 0 Å². The van der Waals surface area contributed by atoms with E-state index in [1.54, 1.807) is 11.0 Å². The van der Waals surface area contributed by atoms with Crippen molar-refractivity contribution in [2.75, 3.05) is 6.54 Å². The number of rotatable bonds is 5. The van der Waals surface area contributed by atoms with E-state index in [9.17, 15) is 15.0 Å². The van der Waals surface area contributed by atoms with Crippen molar-refractivity contribution in [3.8, 4) is 11.5 Å². The van der Waals surface area contributed by atoms with Crippen molar-refractivity contribution >= 4 is 5.97 Å². The lowest BCUT2D eigenvalue weighted by Crippen LogP contribution is -2.35. The first-order valence-electron chi connectivity index (χ1n) is 5.37. The minimum absolute atomic E-state index is 0.0562. The topological polar surface area (TPSA) is 81.0 Å². The van der Waals surface area contributed by atoms with Crippen molar-refractivity contribution in [3.05, 3.63) is 23.8 Å². The second kappa shape index (κ2) is 5.54. The zero-order valence-electron chi connectivity index (χ0n) is 9.92. The molecule has 0 aliphatic rings. The van der Waals surface area contributed by atoms with Crippen LogP contribution in [0.5, 0.6) is 11.5 Å². The monoisotopic (exact) mass is 239 g/mol. The van der Waals surface area contributed by atoms with E-state index in [0.29, 0.717) is 6.54 Å². The van der Waals surface area contributed by atoms with Gasteiger partial charge in [0.05, 0.1) is 6.54 Å². The Bertz CT molecular complexity index is 403. The molecule has 0 radical (unpaired) electrons. The fourth-order valence-electron chi connectivity index (χ4n) is 1.50. The summed E-state index contributed by atoms with van der Waals surface area (Å²) in [5.74, 6) is -1.26. The molecule has 0 fully saturated rings. The summed E-state index contributed by atoms with van der Waals surface area (Å²) in [5, 5.41) is 27.3. The number of carbonyl (C=O) groups is 1. The quantitative estimate of drug-likeness (QED) is 0.676. The molecule has 0 atom stereocenters. The van der Waals surface area contributed by atoms with E-state index in [-0.39, 0.29) is 24.1 Å². The van der Waals surface area contributed by atoms with Crippen LogP contribution < -0.4 is 0 Å². The van der Waals surface area contributed by atoms with Gasteiger partial charge in [-0.2, -0.15) is 0 Å². The first-order valence-corrected chi connectivity index (χ1v) is 5.37. The Morgan fingerprint density at radius 3 is 2.41 bits per heavy atom. The van der Waals surface area contributed by atoms with Gasteiger partial charge in [0.2, 0.25) is 0 Å². The Kier molecular flexibility index (Phi) is 4.34. The highest BCUT2D eigenvalue weighted by Gasteiger charge is 2.14. The molecule has 5 nitrogen and oxygen atoms in total. The molecule has 0 unspecified atom stereocenters. The highest BCUT2D eigenvalue weighted by atomic mass is 16.4. The fraction of sp³-hybridized carbons (Fsp3) is 0.417. The molecule has 0 saturated carbocycles. The Hall–Kier alpha value is -1.75. The van der Waals surface area contributed by atoms with Gasteiger partial charge in [-0.1, -0.05) is 6.07 Å². The van der Waals surface area contributed by atoms with Crippen molar-refractivity contribution in [1.29, 1.82) is 0 Å². The zero-order valence-corrected chi connectivity index (χ0v) is 9.92. The third kappa shape index (κ3) is 3.96. The van der Waals surface area contributed by atoms with E-state index in [2.05, 4.69) is 0 Å². The van der Waals surface area contributed by atoms with Gasteiger partial charge in [-0.3, -0.25) is 9.69 Å². The van der Waals surface area contributed by atoms with E-state index >= 15 is 0 Å². The molecule has 1 aromatic carbocycles. The van der Waals surface area contributed by atoms with E-state index in [4.69, 9.17) is 5.11 Å². The summed E-state index contributed by atoms with van der Waals surface area (Å²) in [4.78, 5) is 12.5. The number of phenols is 2. The molecule has 0 aliphatic heterocycles. The number of nitrogens with zero attached hydrogens (tertiary/aromatic N) is 1. The number of hydrogen-bond acceptors (Lipinski definition) is 4. The van der Waals surface area contributed by atoms with Gasteiger partial charge in [0.1, 0.15) is 0 Å². The Morgan fingerprint density at radius 1 is 1.29 bits per heavy atom. The van der Waals surface area contributed by atoms with Crippen LogP contribution in [0.4, 0.5) is 0 Å². The van der Waals surface area contributed by atoms with E-state index < -0.39 is 5.97 Å². The van der Waals surface area contributed by atoms with Crippen LogP contribution in [0.3, 0.4) is 0 Å². The average Bonchev–Trinajstić information content (AvgIpc) is 2.21. The first kappa shape index (κ1) is 13.3. The minimum atomic E-state index is -0.887. The number of hydrogen-bond donors (Lipinski definition) is 3. The summed E-state index contributed by atoms with van der Waals surface area (Å²) in [6.45, 7) is 4.17. The van der Waals surface area contributed by atoms with Gasteiger partial charge >= 0.3 is 5.97 Å². The second-order valence-electron chi connectivity index (χ2n) is 4.22. The van der Waals surface area contributed by atoms with E-state index in [1.807, 2.05) is 13.8 Å². The second-order valence-corrected chi connectivity index (χ2v) is 4.22. The molecular formula is C12H17NO4. The Balaban J connectivity index is 2.78. The molecule has 0 aromatic heterocycles. The van der Waals surface area contributed by atoms with Crippen LogP contribution in [-0.4, -0.2) is 38.8 Å². The lowest BCUT2D eigenvalue weighted by molar-refractivity contribution is -0.138. The molecule has 5 heteroatoms. The summed E-state index contributed by atoms with van der Waals surface area (Å²) < 4.78 is 0. The van der Waals surface area contributed by atoms with Gasteiger partial charge < -0.3 is 15.3 Å². The fourth-order valence-corrected chi connectivity index (χ4v) is 1.50. The Morgan fingerprint density at radius 2 is 1.94 bits per heavy atom. The largest absolute Gasteiger partial charge is 0.504 e. The molecule has 94 valence electrons. The van der Waals surface area contributed by atoms with Crippen molar-refractivity contribution in [2.24, 2.45) is 0 Å². The molecular weight excluding hydrogens is 222 g/mol. The van der Waals surface area contributed by atoms with Crippen molar-refractivity contribution < 1.29 is 20.1 Å². The number of aliphatic carboxylic acids is 1. The maximum atomic E-state index is 10.7.